The van der Waals surface area contributed by atoms with Gasteiger partial charge in [0.05, 0.1) is 18.6 Å². The Balaban J connectivity index is 1.98. The van der Waals surface area contributed by atoms with Crippen LogP contribution in [0.3, 0.4) is 0 Å². The molecule has 1 aliphatic heterocycles. The molecule has 0 saturated carbocycles. The van der Waals surface area contributed by atoms with E-state index >= 15 is 0 Å². The van der Waals surface area contributed by atoms with Crippen molar-refractivity contribution in [3.05, 3.63) is 52.7 Å². The van der Waals surface area contributed by atoms with Gasteiger partial charge in [-0.25, -0.2) is 4.72 Å². The first kappa shape index (κ1) is 20.3. The van der Waals surface area contributed by atoms with Gasteiger partial charge in [-0.1, -0.05) is 46.3 Å². The van der Waals surface area contributed by atoms with E-state index in [1.165, 1.54) is 0 Å². The number of benzene rings is 1. The van der Waals surface area contributed by atoms with Gasteiger partial charge in [-0.3, -0.25) is 0 Å². The Morgan fingerprint density at radius 1 is 1.20 bits per heavy atom. The van der Waals surface area contributed by atoms with Crippen molar-refractivity contribution in [2.75, 3.05) is 19.8 Å². The van der Waals surface area contributed by atoms with Gasteiger partial charge < -0.3 is 9.47 Å². The van der Waals surface area contributed by atoms with E-state index in [0.717, 1.165) is 5.56 Å². The molecule has 0 spiro atoms. The van der Waals surface area contributed by atoms with Crippen LogP contribution in [0, 0.1) is 5.41 Å². The van der Waals surface area contributed by atoms with Crippen LogP contribution in [-0.4, -0.2) is 34.0 Å². The summed E-state index contributed by atoms with van der Waals surface area (Å²) in [7, 11) is -3.65. The SMILES string of the molecule is CC1(C)OCC(C=C=CBr)(CNS(=O)(=O)NCc2ccccc2)CO1. The second kappa shape index (κ2) is 8.60. The zero-order valence-corrected chi connectivity index (χ0v) is 16.7. The largest absolute Gasteiger partial charge is 0.349 e. The standard InChI is InChI=1S/C17H23BrN2O4S/c1-16(2)23-13-17(14-24-16,9-6-10-18)12-20-25(21,22)19-11-15-7-4-3-5-8-15/h3-5,7-10,19-20H,11-14H2,1-2H3. The summed E-state index contributed by atoms with van der Waals surface area (Å²) in [6.07, 6.45) is 1.76. The van der Waals surface area contributed by atoms with Crippen LogP contribution < -0.4 is 9.44 Å². The molecule has 0 bridgehead atoms. The Labute approximate surface area is 157 Å². The molecule has 1 saturated heterocycles. The molecule has 138 valence electrons. The summed E-state index contributed by atoms with van der Waals surface area (Å²) in [5, 5.41) is 0. The molecule has 8 heteroatoms. The predicted octanol–water partition coefficient (Wildman–Crippen LogP) is 2.44. The first-order chi connectivity index (χ1) is 11.8. The van der Waals surface area contributed by atoms with Gasteiger partial charge in [0, 0.05) is 18.1 Å². The van der Waals surface area contributed by atoms with E-state index in [0.29, 0.717) is 13.2 Å². The van der Waals surface area contributed by atoms with E-state index in [1.54, 1.807) is 11.1 Å². The molecule has 1 heterocycles. The second-order valence-electron chi connectivity index (χ2n) is 6.39. The lowest BCUT2D eigenvalue weighted by Gasteiger charge is -2.41. The van der Waals surface area contributed by atoms with Crippen molar-refractivity contribution in [2.24, 2.45) is 5.41 Å². The van der Waals surface area contributed by atoms with Crippen molar-refractivity contribution in [2.45, 2.75) is 26.2 Å². The number of ether oxygens (including phenoxy) is 2. The van der Waals surface area contributed by atoms with Crippen molar-refractivity contribution in [3.8, 4) is 0 Å². The minimum absolute atomic E-state index is 0.140. The molecule has 0 atom stereocenters. The molecule has 0 aromatic heterocycles. The fourth-order valence-electron chi connectivity index (χ4n) is 2.23. The van der Waals surface area contributed by atoms with Gasteiger partial charge in [-0.15, -0.1) is 5.73 Å². The van der Waals surface area contributed by atoms with E-state index in [1.807, 2.05) is 44.2 Å². The van der Waals surface area contributed by atoms with Gasteiger partial charge in [-0.2, -0.15) is 13.1 Å². The van der Waals surface area contributed by atoms with Gasteiger partial charge in [0.25, 0.3) is 10.2 Å². The van der Waals surface area contributed by atoms with Crippen LogP contribution in [0.1, 0.15) is 19.4 Å². The summed E-state index contributed by atoms with van der Waals surface area (Å²) >= 11 is 3.16. The fourth-order valence-corrected chi connectivity index (χ4v) is 3.30. The maximum atomic E-state index is 12.2. The zero-order chi connectivity index (χ0) is 18.4. The van der Waals surface area contributed by atoms with Crippen molar-refractivity contribution < 1.29 is 17.9 Å². The summed E-state index contributed by atoms with van der Waals surface area (Å²) in [4.78, 5) is 1.58. The molecule has 2 rings (SSSR count). The number of hydrogen-bond acceptors (Lipinski definition) is 4. The lowest BCUT2D eigenvalue weighted by molar-refractivity contribution is -0.275. The Kier molecular flexibility index (Phi) is 6.99. The van der Waals surface area contributed by atoms with Crippen LogP contribution in [0.5, 0.6) is 0 Å². The van der Waals surface area contributed by atoms with Gasteiger partial charge in [0.1, 0.15) is 0 Å². The van der Waals surface area contributed by atoms with Gasteiger partial charge in [-0.05, 0) is 25.5 Å². The molecule has 1 aliphatic rings. The highest BCUT2D eigenvalue weighted by atomic mass is 79.9. The molecule has 0 unspecified atom stereocenters. The molecule has 0 amide bonds. The summed E-state index contributed by atoms with van der Waals surface area (Å²) in [6.45, 7) is 4.67. The van der Waals surface area contributed by atoms with Crippen LogP contribution >= 0.6 is 15.9 Å². The van der Waals surface area contributed by atoms with Gasteiger partial charge in [0.15, 0.2) is 5.79 Å². The van der Waals surface area contributed by atoms with Crippen molar-refractivity contribution in [1.82, 2.24) is 9.44 Å². The smallest absolute Gasteiger partial charge is 0.277 e. The van der Waals surface area contributed by atoms with E-state index in [2.05, 4.69) is 31.1 Å². The highest BCUT2D eigenvalue weighted by Gasteiger charge is 2.39. The first-order valence-electron chi connectivity index (χ1n) is 7.84. The Hall–Kier alpha value is -0.990. The van der Waals surface area contributed by atoms with E-state index in [9.17, 15) is 8.42 Å². The quantitative estimate of drug-likeness (QED) is 0.651. The zero-order valence-electron chi connectivity index (χ0n) is 14.3. The molecular weight excluding hydrogens is 408 g/mol. The third kappa shape index (κ3) is 6.67. The minimum Gasteiger partial charge on any atom is -0.349 e. The summed E-state index contributed by atoms with van der Waals surface area (Å²) in [5.41, 5.74) is 3.19. The molecule has 1 aromatic rings. The minimum atomic E-state index is -3.65. The van der Waals surface area contributed by atoms with E-state index < -0.39 is 21.4 Å². The third-order valence-corrected chi connectivity index (χ3v) is 5.10. The van der Waals surface area contributed by atoms with Crippen LogP contribution in [-0.2, 0) is 26.2 Å². The molecule has 0 radical (unpaired) electrons. The Morgan fingerprint density at radius 3 is 2.44 bits per heavy atom. The fraction of sp³-hybridized carbons (Fsp3) is 0.471. The average Bonchev–Trinajstić information content (AvgIpc) is 2.60. The molecule has 25 heavy (non-hydrogen) atoms. The number of hydrogen-bond donors (Lipinski definition) is 2. The topological polar surface area (TPSA) is 76.7 Å². The molecule has 0 aliphatic carbocycles. The van der Waals surface area contributed by atoms with Crippen LogP contribution in [0.2, 0.25) is 0 Å². The molecule has 1 aromatic carbocycles. The van der Waals surface area contributed by atoms with E-state index in [-0.39, 0.29) is 13.1 Å². The third-order valence-electron chi connectivity index (χ3n) is 3.79. The lowest BCUT2D eigenvalue weighted by Crippen LogP contribution is -2.52. The monoisotopic (exact) mass is 430 g/mol. The van der Waals surface area contributed by atoms with Crippen LogP contribution in [0.4, 0.5) is 0 Å². The van der Waals surface area contributed by atoms with Crippen LogP contribution in [0.25, 0.3) is 0 Å². The van der Waals surface area contributed by atoms with Crippen molar-refractivity contribution >= 4 is 26.1 Å². The molecule has 2 N–H and O–H groups in total. The number of rotatable bonds is 7. The maximum absolute atomic E-state index is 12.2. The molecule has 1 fully saturated rings. The highest BCUT2D eigenvalue weighted by Crippen LogP contribution is 2.30. The number of halogens is 1. The summed E-state index contributed by atoms with van der Waals surface area (Å²) in [6, 6.07) is 9.33. The average molecular weight is 431 g/mol. The van der Waals surface area contributed by atoms with Crippen LogP contribution in [0.15, 0.2) is 47.1 Å². The Bertz CT molecular complexity index is 718. The molecule has 6 nitrogen and oxygen atoms in total. The number of nitrogens with one attached hydrogen (secondary N) is 2. The Morgan fingerprint density at radius 2 is 1.84 bits per heavy atom. The molecular formula is C17H23BrN2O4S. The highest BCUT2D eigenvalue weighted by molar-refractivity contribution is 9.11. The maximum Gasteiger partial charge on any atom is 0.277 e. The van der Waals surface area contributed by atoms with E-state index in [4.69, 9.17) is 9.47 Å². The van der Waals surface area contributed by atoms with Gasteiger partial charge in [0.2, 0.25) is 0 Å². The van der Waals surface area contributed by atoms with Crippen molar-refractivity contribution in [1.29, 1.82) is 0 Å². The normalized spacial score (nSPS) is 19.0. The summed E-state index contributed by atoms with van der Waals surface area (Å²) in [5.74, 6) is -0.681. The lowest BCUT2D eigenvalue weighted by atomic mass is 9.89. The predicted molar refractivity (Wildman–Crippen MR) is 100 cm³/mol. The summed E-state index contributed by atoms with van der Waals surface area (Å²) < 4.78 is 41.0. The van der Waals surface area contributed by atoms with Gasteiger partial charge >= 0.3 is 0 Å². The van der Waals surface area contributed by atoms with Crippen molar-refractivity contribution in [3.63, 3.8) is 0 Å². The first-order valence-corrected chi connectivity index (χ1v) is 10.2. The second-order valence-corrected chi connectivity index (χ2v) is 8.43.